The molecule has 0 bridgehead atoms. The average Bonchev–Trinajstić information content (AvgIpc) is 2.31. The van der Waals surface area contributed by atoms with Crippen molar-refractivity contribution in [1.82, 2.24) is 0 Å². The highest BCUT2D eigenvalue weighted by Gasteiger charge is 2.37. The van der Waals surface area contributed by atoms with Gasteiger partial charge in [0.2, 0.25) is 0 Å². The van der Waals surface area contributed by atoms with E-state index in [1.165, 1.54) is 7.11 Å². The topological polar surface area (TPSA) is 63.6 Å². The summed E-state index contributed by atoms with van der Waals surface area (Å²) in [5, 5.41) is 9.43. The molecule has 1 aromatic rings. The summed E-state index contributed by atoms with van der Waals surface area (Å²) >= 11 is 0. The van der Waals surface area contributed by atoms with Crippen molar-refractivity contribution >= 4 is 11.9 Å². The standard InChI is InChI=1S/C15H20O4/c1-8-7-9(2)11(13(16)17)12(10(8)3)15(4,5)14(18)19-6/h7H,1-6H3,(H,16,17). The summed E-state index contributed by atoms with van der Waals surface area (Å²) < 4.78 is 4.81. The summed E-state index contributed by atoms with van der Waals surface area (Å²) in [6.45, 7) is 8.86. The second kappa shape index (κ2) is 5.03. The summed E-state index contributed by atoms with van der Waals surface area (Å²) in [7, 11) is 1.31. The molecule has 1 rings (SSSR count). The monoisotopic (exact) mass is 264 g/mol. The molecule has 0 saturated heterocycles. The van der Waals surface area contributed by atoms with Crippen molar-refractivity contribution in [3.63, 3.8) is 0 Å². The molecule has 1 aromatic carbocycles. The van der Waals surface area contributed by atoms with E-state index in [2.05, 4.69) is 0 Å². The molecule has 0 heterocycles. The molecule has 4 nitrogen and oxygen atoms in total. The van der Waals surface area contributed by atoms with Crippen LogP contribution in [0.25, 0.3) is 0 Å². The first-order chi connectivity index (χ1) is 8.64. The fourth-order valence-electron chi connectivity index (χ4n) is 2.50. The van der Waals surface area contributed by atoms with Crippen LogP contribution < -0.4 is 0 Å². The average molecular weight is 264 g/mol. The van der Waals surface area contributed by atoms with E-state index >= 15 is 0 Å². The van der Waals surface area contributed by atoms with Gasteiger partial charge < -0.3 is 9.84 Å². The van der Waals surface area contributed by atoms with Crippen LogP contribution in [0.1, 0.15) is 46.5 Å². The largest absolute Gasteiger partial charge is 0.478 e. The molecule has 0 atom stereocenters. The van der Waals surface area contributed by atoms with Gasteiger partial charge in [0.25, 0.3) is 0 Å². The Kier molecular flexibility index (Phi) is 4.03. The normalized spacial score (nSPS) is 11.3. The number of carbonyl (C=O) groups excluding carboxylic acids is 1. The molecule has 0 amide bonds. The number of rotatable bonds is 3. The lowest BCUT2D eigenvalue weighted by molar-refractivity contribution is -0.146. The summed E-state index contributed by atoms with van der Waals surface area (Å²) in [4.78, 5) is 23.5. The highest BCUT2D eigenvalue weighted by Crippen LogP contribution is 2.34. The van der Waals surface area contributed by atoms with Crippen molar-refractivity contribution in [3.8, 4) is 0 Å². The Labute approximate surface area is 113 Å². The second-order valence-electron chi connectivity index (χ2n) is 5.31. The maximum absolute atomic E-state index is 12.0. The minimum Gasteiger partial charge on any atom is -0.478 e. The van der Waals surface area contributed by atoms with Crippen LogP contribution in [0, 0.1) is 20.8 Å². The highest BCUT2D eigenvalue weighted by molar-refractivity contribution is 5.96. The number of methoxy groups -OCH3 is 1. The quantitative estimate of drug-likeness (QED) is 0.853. The predicted molar refractivity (Wildman–Crippen MR) is 72.7 cm³/mol. The number of ether oxygens (including phenoxy) is 1. The summed E-state index contributed by atoms with van der Waals surface area (Å²) in [6.07, 6.45) is 0. The van der Waals surface area contributed by atoms with Crippen LogP contribution in [0.2, 0.25) is 0 Å². The molecule has 0 saturated carbocycles. The third-order valence-electron chi connectivity index (χ3n) is 3.58. The Bertz CT molecular complexity index is 542. The zero-order chi connectivity index (χ0) is 15.0. The Morgan fingerprint density at radius 3 is 2.11 bits per heavy atom. The van der Waals surface area contributed by atoms with Crippen molar-refractivity contribution in [3.05, 3.63) is 33.9 Å². The van der Waals surface area contributed by atoms with Gasteiger partial charge in [-0.2, -0.15) is 0 Å². The number of benzene rings is 1. The van der Waals surface area contributed by atoms with Gasteiger partial charge >= 0.3 is 11.9 Å². The minimum absolute atomic E-state index is 0.193. The second-order valence-corrected chi connectivity index (χ2v) is 5.31. The Morgan fingerprint density at radius 1 is 1.16 bits per heavy atom. The van der Waals surface area contributed by atoms with Crippen molar-refractivity contribution in [2.24, 2.45) is 0 Å². The SMILES string of the molecule is COC(=O)C(C)(C)c1c(C)c(C)cc(C)c1C(=O)O. The third-order valence-corrected chi connectivity index (χ3v) is 3.58. The number of esters is 1. The van der Waals surface area contributed by atoms with E-state index in [1.807, 2.05) is 19.9 Å². The molecule has 0 aromatic heterocycles. The van der Waals surface area contributed by atoms with Crippen LogP contribution in [0.5, 0.6) is 0 Å². The first kappa shape index (κ1) is 15.2. The van der Waals surface area contributed by atoms with Gasteiger partial charge in [-0.25, -0.2) is 4.79 Å². The molecule has 19 heavy (non-hydrogen) atoms. The molecular formula is C15H20O4. The number of carboxylic acids is 1. The van der Waals surface area contributed by atoms with E-state index in [0.717, 1.165) is 11.1 Å². The van der Waals surface area contributed by atoms with Crippen LogP contribution in [-0.4, -0.2) is 24.2 Å². The molecule has 0 fully saturated rings. The summed E-state index contributed by atoms with van der Waals surface area (Å²) in [6, 6.07) is 1.83. The lowest BCUT2D eigenvalue weighted by Crippen LogP contribution is -2.33. The molecule has 0 aliphatic heterocycles. The van der Waals surface area contributed by atoms with Gasteiger partial charge in [-0.3, -0.25) is 4.79 Å². The van der Waals surface area contributed by atoms with E-state index in [4.69, 9.17) is 4.74 Å². The highest BCUT2D eigenvalue weighted by atomic mass is 16.5. The number of hydrogen-bond donors (Lipinski definition) is 1. The number of aromatic carboxylic acids is 1. The van der Waals surface area contributed by atoms with Gasteiger partial charge in [0, 0.05) is 0 Å². The van der Waals surface area contributed by atoms with Crippen molar-refractivity contribution < 1.29 is 19.4 Å². The molecule has 1 N–H and O–H groups in total. The molecule has 0 radical (unpaired) electrons. The number of hydrogen-bond acceptors (Lipinski definition) is 3. The smallest absolute Gasteiger partial charge is 0.336 e. The van der Waals surface area contributed by atoms with Gasteiger partial charge in [-0.05, 0) is 56.9 Å². The van der Waals surface area contributed by atoms with Crippen molar-refractivity contribution in [1.29, 1.82) is 0 Å². The number of aryl methyl sites for hydroxylation is 2. The van der Waals surface area contributed by atoms with Gasteiger partial charge in [-0.1, -0.05) is 6.07 Å². The molecule has 0 aliphatic rings. The van der Waals surface area contributed by atoms with Crippen LogP contribution >= 0.6 is 0 Å². The number of carboxylic acid groups (broad SMARTS) is 1. The van der Waals surface area contributed by atoms with Crippen LogP contribution in [-0.2, 0) is 14.9 Å². The van der Waals surface area contributed by atoms with Gasteiger partial charge in [0.1, 0.15) is 0 Å². The minimum atomic E-state index is -1.02. The van der Waals surface area contributed by atoms with E-state index < -0.39 is 17.4 Å². The van der Waals surface area contributed by atoms with E-state index in [9.17, 15) is 14.7 Å². The fourth-order valence-corrected chi connectivity index (χ4v) is 2.50. The van der Waals surface area contributed by atoms with Gasteiger partial charge in [-0.15, -0.1) is 0 Å². The zero-order valence-electron chi connectivity index (χ0n) is 12.2. The van der Waals surface area contributed by atoms with Crippen molar-refractivity contribution in [2.75, 3.05) is 7.11 Å². The maximum Gasteiger partial charge on any atom is 0.336 e. The van der Waals surface area contributed by atoms with Gasteiger partial charge in [0.05, 0.1) is 18.1 Å². The fraction of sp³-hybridized carbons (Fsp3) is 0.467. The number of carbonyl (C=O) groups is 2. The van der Waals surface area contributed by atoms with Gasteiger partial charge in [0.15, 0.2) is 0 Å². The lowest BCUT2D eigenvalue weighted by atomic mass is 9.76. The Balaban J connectivity index is 3.75. The summed E-state index contributed by atoms with van der Waals surface area (Å²) in [5.74, 6) is -1.46. The predicted octanol–water partition coefficient (Wildman–Crippen LogP) is 2.76. The molecular weight excluding hydrogens is 244 g/mol. The maximum atomic E-state index is 12.0. The van der Waals surface area contributed by atoms with E-state index in [-0.39, 0.29) is 5.56 Å². The third kappa shape index (κ3) is 2.48. The summed E-state index contributed by atoms with van der Waals surface area (Å²) in [5.41, 5.74) is 2.17. The first-order valence-corrected chi connectivity index (χ1v) is 6.07. The van der Waals surface area contributed by atoms with E-state index in [1.54, 1.807) is 20.8 Å². The molecule has 104 valence electrons. The Hall–Kier alpha value is -1.84. The van der Waals surface area contributed by atoms with E-state index in [0.29, 0.717) is 11.1 Å². The van der Waals surface area contributed by atoms with Crippen LogP contribution in [0.15, 0.2) is 6.07 Å². The molecule has 0 unspecified atom stereocenters. The van der Waals surface area contributed by atoms with Crippen LogP contribution in [0.3, 0.4) is 0 Å². The molecule has 0 spiro atoms. The zero-order valence-corrected chi connectivity index (χ0v) is 12.2. The van der Waals surface area contributed by atoms with Crippen LogP contribution in [0.4, 0.5) is 0 Å². The van der Waals surface area contributed by atoms with Crippen molar-refractivity contribution in [2.45, 2.75) is 40.0 Å². The molecule has 4 heteroatoms. The molecule has 0 aliphatic carbocycles. The first-order valence-electron chi connectivity index (χ1n) is 6.07. The Morgan fingerprint density at radius 2 is 1.68 bits per heavy atom. The lowest BCUT2D eigenvalue weighted by Gasteiger charge is -2.27.